The Balaban J connectivity index is 1.64. The molecule has 0 spiro atoms. The molecule has 1 aliphatic carbocycles. The Bertz CT molecular complexity index is 1000. The number of aryl methyl sites for hydroxylation is 1. The van der Waals surface area contributed by atoms with Crippen molar-refractivity contribution in [1.82, 2.24) is 30.2 Å². The number of hydrogen-bond acceptors (Lipinski definition) is 6. The number of carbonyl (C=O) groups is 1. The van der Waals surface area contributed by atoms with E-state index in [1.807, 2.05) is 13.0 Å². The Labute approximate surface area is 163 Å². The van der Waals surface area contributed by atoms with Crippen LogP contribution in [0.2, 0.25) is 0 Å². The van der Waals surface area contributed by atoms with Crippen LogP contribution in [0.4, 0.5) is 0 Å². The zero-order valence-electron chi connectivity index (χ0n) is 16.2. The van der Waals surface area contributed by atoms with Gasteiger partial charge < -0.3 is 5.32 Å². The average molecular weight is 374 g/mol. The summed E-state index contributed by atoms with van der Waals surface area (Å²) in [5, 5.41) is 3.14. The molecule has 1 amide bonds. The van der Waals surface area contributed by atoms with Crippen molar-refractivity contribution < 1.29 is 4.79 Å². The van der Waals surface area contributed by atoms with E-state index in [2.05, 4.69) is 39.1 Å². The lowest BCUT2D eigenvalue weighted by Gasteiger charge is -2.36. The fourth-order valence-corrected chi connectivity index (χ4v) is 3.56. The van der Waals surface area contributed by atoms with Crippen LogP contribution in [0.3, 0.4) is 0 Å². The van der Waals surface area contributed by atoms with E-state index < -0.39 is 0 Å². The van der Waals surface area contributed by atoms with Gasteiger partial charge in [-0.15, -0.1) is 0 Å². The van der Waals surface area contributed by atoms with Crippen molar-refractivity contribution in [3.05, 3.63) is 65.6 Å². The van der Waals surface area contributed by atoms with E-state index in [0.29, 0.717) is 17.1 Å². The fourth-order valence-electron chi connectivity index (χ4n) is 3.56. The van der Waals surface area contributed by atoms with Gasteiger partial charge in [-0.1, -0.05) is 13.8 Å². The third-order valence-electron chi connectivity index (χ3n) is 4.95. The SMILES string of the molecule is Cc1ccc(C(=O)N[C@H]2CC(C)(C)Cc3nc(-c4cnccn4)ncc32)cn1. The molecule has 0 saturated heterocycles. The topological polar surface area (TPSA) is 93.6 Å². The minimum atomic E-state index is -0.150. The van der Waals surface area contributed by atoms with Crippen LogP contribution in [-0.2, 0) is 6.42 Å². The van der Waals surface area contributed by atoms with Crippen molar-refractivity contribution in [2.45, 2.75) is 39.7 Å². The molecule has 4 rings (SSSR count). The van der Waals surface area contributed by atoms with Crippen LogP contribution >= 0.6 is 0 Å². The van der Waals surface area contributed by atoms with E-state index >= 15 is 0 Å². The first-order chi connectivity index (χ1) is 13.4. The zero-order chi connectivity index (χ0) is 19.7. The number of rotatable bonds is 3. The Hall–Kier alpha value is -3.22. The lowest BCUT2D eigenvalue weighted by Crippen LogP contribution is -2.37. The van der Waals surface area contributed by atoms with Gasteiger partial charge >= 0.3 is 0 Å². The summed E-state index contributed by atoms with van der Waals surface area (Å²) in [6, 6.07) is 3.48. The molecule has 28 heavy (non-hydrogen) atoms. The highest BCUT2D eigenvalue weighted by Gasteiger charge is 2.34. The quantitative estimate of drug-likeness (QED) is 0.757. The molecule has 7 nitrogen and oxygen atoms in total. The summed E-state index contributed by atoms with van der Waals surface area (Å²) in [6.45, 7) is 6.27. The van der Waals surface area contributed by atoms with Gasteiger partial charge in [0.25, 0.3) is 5.91 Å². The van der Waals surface area contributed by atoms with Crippen LogP contribution in [0.15, 0.2) is 43.1 Å². The van der Waals surface area contributed by atoms with Crippen molar-refractivity contribution in [1.29, 1.82) is 0 Å². The Morgan fingerprint density at radius 2 is 1.96 bits per heavy atom. The van der Waals surface area contributed by atoms with Crippen LogP contribution in [0.5, 0.6) is 0 Å². The van der Waals surface area contributed by atoms with Gasteiger partial charge in [0.1, 0.15) is 5.69 Å². The molecule has 3 aromatic heterocycles. The van der Waals surface area contributed by atoms with Crippen molar-refractivity contribution in [3.63, 3.8) is 0 Å². The minimum Gasteiger partial charge on any atom is -0.345 e. The summed E-state index contributed by atoms with van der Waals surface area (Å²) < 4.78 is 0. The summed E-state index contributed by atoms with van der Waals surface area (Å²) in [5.74, 6) is 0.413. The van der Waals surface area contributed by atoms with E-state index in [1.54, 1.807) is 37.1 Å². The van der Waals surface area contributed by atoms with Gasteiger partial charge in [-0.25, -0.2) is 15.0 Å². The highest BCUT2D eigenvalue weighted by molar-refractivity contribution is 5.94. The molecular formula is C21H22N6O. The van der Waals surface area contributed by atoms with E-state index in [-0.39, 0.29) is 17.4 Å². The Morgan fingerprint density at radius 3 is 2.68 bits per heavy atom. The maximum Gasteiger partial charge on any atom is 0.253 e. The van der Waals surface area contributed by atoms with E-state index in [4.69, 9.17) is 4.98 Å². The average Bonchev–Trinajstić information content (AvgIpc) is 2.68. The van der Waals surface area contributed by atoms with Gasteiger partial charge in [0, 0.05) is 36.0 Å². The standard InChI is InChI=1S/C21H22N6O/c1-13-4-5-14(10-24-13)20(28)27-17-9-21(2,3)8-16-15(17)11-25-19(26-16)18-12-22-6-7-23-18/h4-7,10-12,17H,8-9H2,1-3H3,(H,27,28)/t17-/m0/s1. The van der Waals surface area contributed by atoms with Crippen LogP contribution in [0.25, 0.3) is 11.5 Å². The van der Waals surface area contributed by atoms with Crippen molar-refractivity contribution in [2.75, 3.05) is 0 Å². The predicted molar refractivity (Wildman–Crippen MR) is 104 cm³/mol. The fraction of sp³-hybridized carbons (Fsp3) is 0.333. The number of pyridine rings is 1. The maximum atomic E-state index is 12.7. The maximum absolute atomic E-state index is 12.7. The second kappa shape index (κ2) is 7.07. The van der Waals surface area contributed by atoms with Crippen LogP contribution in [0.1, 0.15) is 53.6 Å². The molecule has 0 fully saturated rings. The van der Waals surface area contributed by atoms with E-state index in [0.717, 1.165) is 29.8 Å². The molecule has 0 aliphatic heterocycles. The summed E-state index contributed by atoms with van der Waals surface area (Å²) in [5.41, 5.74) is 3.97. The second-order valence-electron chi connectivity index (χ2n) is 7.95. The van der Waals surface area contributed by atoms with Crippen molar-refractivity contribution >= 4 is 5.91 Å². The first-order valence-corrected chi connectivity index (χ1v) is 9.27. The number of aromatic nitrogens is 5. The molecular weight excluding hydrogens is 352 g/mol. The third-order valence-corrected chi connectivity index (χ3v) is 4.95. The molecule has 3 heterocycles. The van der Waals surface area contributed by atoms with E-state index in [1.165, 1.54) is 0 Å². The molecule has 0 radical (unpaired) electrons. The highest BCUT2D eigenvalue weighted by atomic mass is 16.1. The highest BCUT2D eigenvalue weighted by Crippen LogP contribution is 2.40. The van der Waals surface area contributed by atoms with Crippen LogP contribution in [-0.4, -0.2) is 30.8 Å². The molecule has 1 N–H and O–H groups in total. The molecule has 1 aliphatic rings. The first kappa shape index (κ1) is 18.2. The molecule has 0 saturated carbocycles. The molecule has 0 aromatic carbocycles. The van der Waals surface area contributed by atoms with Gasteiger partial charge in [0.05, 0.1) is 23.5 Å². The van der Waals surface area contributed by atoms with Gasteiger partial charge in [-0.2, -0.15) is 0 Å². The number of amides is 1. The van der Waals surface area contributed by atoms with Crippen LogP contribution < -0.4 is 5.32 Å². The predicted octanol–water partition coefficient (Wildman–Crippen LogP) is 3.08. The lowest BCUT2D eigenvalue weighted by molar-refractivity contribution is 0.0918. The summed E-state index contributed by atoms with van der Waals surface area (Å²) in [6.07, 6.45) is 9.94. The van der Waals surface area contributed by atoms with Gasteiger partial charge in [0.15, 0.2) is 5.82 Å². The number of carbonyl (C=O) groups excluding carboxylic acids is 1. The normalized spacial score (nSPS) is 17.6. The molecule has 142 valence electrons. The Kier molecular flexibility index (Phi) is 4.58. The number of hydrogen-bond donors (Lipinski definition) is 1. The summed E-state index contributed by atoms with van der Waals surface area (Å²) in [7, 11) is 0. The number of nitrogens with one attached hydrogen (secondary N) is 1. The monoisotopic (exact) mass is 374 g/mol. The Morgan fingerprint density at radius 1 is 1.11 bits per heavy atom. The largest absolute Gasteiger partial charge is 0.345 e. The van der Waals surface area contributed by atoms with E-state index in [9.17, 15) is 4.79 Å². The molecule has 7 heteroatoms. The molecule has 1 atom stereocenters. The number of nitrogens with zero attached hydrogens (tertiary/aromatic N) is 5. The smallest absolute Gasteiger partial charge is 0.253 e. The van der Waals surface area contributed by atoms with Gasteiger partial charge in [-0.05, 0) is 37.3 Å². The lowest BCUT2D eigenvalue weighted by atomic mass is 9.74. The summed E-state index contributed by atoms with van der Waals surface area (Å²) >= 11 is 0. The second-order valence-corrected chi connectivity index (χ2v) is 7.95. The molecule has 0 bridgehead atoms. The number of fused-ring (bicyclic) bond motifs is 1. The summed E-state index contributed by atoms with van der Waals surface area (Å²) in [4.78, 5) is 34.5. The van der Waals surface area contributed by atoms with Gasteiger partial charge in [-0.3, -0.25) is 14.8 Å². The van der Waals surface area contributed by atoms with Crippen molar-refractivity contribution in [3.8, 4) is 11.5 Å². The molecule has 0 unspecified atom stereocenters. The van der Waals surface area contributed by atoms with Gasteiger partial charge in [0.2, 0.25) is 0 Å². The first-order valence-electron chi connectivity index (χ1n) is 9.27. The zero-order valence-corrected chi connectivity index (χ0v) is 16.2. The van der Waals surface area contributed by atoms with Crippen molar-refractivity contribution in [2.24, 2.45) is 5.41 Å². The molecule has 3 aromatic rings. The third kappa shape index (κ3) is 3.74. The van der Waals surface area contributed by atoms with Crippen LogP contribution in [0, 0.1) is 12.3 Å². The minimum absolute atomic E-state index is 0.00443.